The van der Waals surface area contributed by atoms with E-state index in [0.29, 0.717) is 25.1 Å². The second kappa shape index (κ2) is 8.29. The molecule has 0 spiro atoms. The van der Waals surface area contributed by atoms with Crippen molar-refractivity contribution in [2.75, 3.05) is 32.1 Å². The van der Waals surface area contributed by atoms with Gasteiger partial charge in [0.2, 0.25) is 5.89 Å². The molecule has 6 nitrogen and oxygen atoms in total. The van der Waals surface area contributed by atoms with Gasteiger partial charge >= 0.3 is 6.01 Å². The highest BCUT2D eigenvalue weighted by Crippen LogP contribution is 2.06. The van der Waals surface area contributed by atoms with Gasteiger partial charge in [-0.15, -0.1) is 5.10 Å². The molecule has 0 saturated heterocycles. The predicted octanol–water partition coefficient (Wildman–Crippen LogP) is 1.46. The molecule has 0 aliphatic heterocycles. The molecule has 0 bridgehead atoms. The first-order chi connectivity index (χ1) is 9.88. The van der Waals surface area contributed by atoms with E-state index in [2.05, 4.69) is 33.0 Å². The summed E-state index contributed by atoms with van der Waals surface area (Å²) in [5.74, 6) is 0.573. The Bertz CT molecular complexity index is 487. The maximum absolute atomic E-state index is 5.47. The van der Waals surface area contributed by atoms with E-state index in [9.17, 15) is 0 Å². The van der Waals surface area contributed by atoms with E-state index in [4.69, 9.17) is 9.15 Å². The van der Waals surface area contributed by atoms with Crippen LogP contribution in [0.15, 0.2) is 34.7 Å². The van der Waals surface area contributed by atoms with Crippen molar-refractivity contribution in [2.24, 2.45) is 0 Å². The summed E-state index contributed by atoms with van der Waals surface area (Å²) in [5.41, 5.74) is 1.28. The van der Waals surface area contributed by atoms with E-state index < -0.39 is 0 Å². The van der Waals surface area contributed by atoms with Crippen LogP contribution in [0, 0.1) is 0 Å². The molecule has 2 N–H and O–H groups in total. The highest BCUT2D eigenvalue weighted by Gasteiger charge is 2.04. The van der Waals surface area contributed by atoms with Gasteiger partial charge in [0, 0.05) is 20.2 Å². The van der Waals surface area contributed by atoms with Crippen LogP contribution in [0.3, 0.4) is 0 Å². The third-order valence-corrected chi connectivity index (χ3v) is 2.76. The van der Waals surface area contributed by atoms with Crippen molar-refractivity contribution < 1.29 is 9.15 Å². The summed E-state index contributed by atoms with van der Waals surface area (Å²) in [6.45, 7) is 2.74. The van der Waals surface area contributed by atoms with Crippen LogP contribution in [0.4, 0.5) is 6.01 Å². The van der Waals surface area contributed by atoms with Crippen LogP contribution < -0.4 is 10.6 Å². The van der Waals surface area contributed by atoms with Crippen LogP contribution in [0.5, 0.6) is 0 Å². The molecule has 1 aromatic heterocycles. The molecule has 0 saturated carbocycles. The van der Waals surface area contributed by atoms with Gasteiger partial charge in [-0.1, -0.05) is 35.4 Å². The average molecular weight is 276 g/mol. The molecule has 1 aromatic carbocycles. The molecule has 108 valence electrons. The lowest BCUT2D eigenvalue weighted by molar-refractivity contribution is 0.198. The zero-order valence-electron chi connectivity index (χ0n) is 11.6. The number of benzene rings is 1. The highest BCUT2D eigenvalue weighted by atomic mass is 16.5. The number of anilines is 1. The first-order valence-corrected chi connectivity index (χ1v) is 6.68. The van der Waals surface area contributed by atoms with Crippen molar-refractivity contribution >= 4 is 6.01 Å². The Morgan fingerprint density at radius 1 is 1.15 bits per heavy atom. The van der Waals surface area contributed by atoms with Gasteiger partial charge in [0.15, 0.2) is 0 Å². The summed E-state index contributed by atoms with van der Waals surface area (Å²) in [4.78, 5) is 0. The van der Waals surface area contributed by atoms with Gasteiger partial charge in [0.25, 0.3) is 0 Å². The number of hydrogen-bond acceptors (Lipinski definition) is 6. The number of rotatable bonds is 9. The quantitative estimate of drug-likeness (QED) is 0.676. The van der Waals surface area contributed by atoms with Gasteiger partial charge in [-0.3, -0.25) is 0 Å². The smallest absolute Gasteiger partial charge is 0.315 e. The number of aromatic nitrogens is 2. The number of ether oxygens (including phenoxy) is 1. The molecule has 0 radical (unpaired) electrons. The van der Waals surface area contributed by atoms with Crippen LogP contribution in [0.1, 0.15) is 11.5 Å². The monoisotopic (exact) mass is 276 g/mol. The highest BCUT2D eigenvalue weighted by molar-refractivity contribution is 5.20. The maximum Gasteiger partial charge on any atom is 0.315 e. The van der Waals surface area contributed by atoms with Crippen LogP contribution in [0.2, 0.25) is 0 Å². The van der Waals surface area contributed by atoms with Gasteiger partial charge in [-0.05, 0) is 12.0 Å². The predicted molar refractivity (Wildman–Crippen MR) is 76.5 cm³/mol. The van der Waals surface area contributed by atoms with E-state index in [0.717, 1.165) is 19.5 Å². The minimum Gasteiger partial charge on any atom is -0.407 e. The molecule has 2 aromatic rings. The molecule has 20 heavy (non-hydrogen) atoms. The molecule has 2 rings (SSSR count). The van der Waals surface area contributed by atoms with E-state index in [1.165, 1.54) is 5.56 Å². The minimum absolute atomic E-state index is 0.462. The minimum atomic E-state index is 0.462. The SMILES string of the molecule is COCCNCc1nnc(NCCc2ccccc2)o1. The Morgan fingerprint density at radius 3 is 2.80 bits per heavy atom. The van der Waals surface area contributed by atoms with Crippen molar-refractivity contribution in [1.82, 2.24) is 15.5 Å². The fourth-order valence-electron chi connectivity index (χ4n) is 1.72. The second-order valence-corrected chi connectivity index (χ2v) is 4.33. The van der Waals surface area contributed by atoms with Crippen molar-refractivity contribution in [2.45, 2.75) is 13.0 Å². The largest absolute Gasteiger partial charge is 0.407 e. The lowest BCUT2D eigenvalue weighted by atomic mass is 10.1. The van der Waals surface area contributed by atoms with Gasteiger partial charge in [-0.25, -0.2) is 0 Å². The summed E-state index contributed by atoms with van der Waals surface area (Å²) >= 11 is 0. The first kappa shape index (κ1) is 14.5. The maximum atomic E-state index is 5.47. The number of hydrogen-bond donors (Lipinski definition) is 2. The molecular formula is C14H20N4O2. The Labute approximate surface area is 118 Å². The zero-order valence-corrected chi connectivity index (χ0v) is 11.6. The third kappa shape index (κ3) is 4.99. The van der Waals surface area contributed by atoms with E-state index >= 15 is 0 Å². The Morgan fingerprint density at radius 2 is 2.00 bits per heavy atom. The lowest BCUT2D eigenvalue weighted by Crippen LogP contribution is -2.18. The number of nitrogens with zero attached hydrogens (tertiary/aromatic N) is 2. The van der Waals surface area contributed by atoms with Crippen molar-refractivity contribution in [3.63, 3.8) is 0 Å². The van der Waals surface area contributed by atoms with Crippen molar-refractivity contribution in [3.8, 4) is 0 Å². The molecule has 1 heterocycles. The topological polar surface area (TPSA) is 72.2 Å². The van der Waals surface area contributed by atoms with Gasteiger partial charge in [0.05, 0.1) is 13.2 Å². The summed E-state index contributed by atoms with van der Waals surface area (Å²) in [6.07, 6.45) is 0.921. The third-order valence-electron chi connectivity index (χ3n) is 2.76. The summed E-state index contributed by atoms with van der Waals surface area (Å²) < 4.78 is 10.4. The molecule has 0 fully saturated rings. The van der Waals surface area contributed by atoms with Gasteiger partial charge in [0.1, 0.15) is 0 Å². The van der Waals surface area contributed by atoms with Crippen molar-refractivity contribution in [3.05, 3.63) is 41.8 Å². The molecular weight excluding hydrogens is 256 g/mol. The first-order valence-electron chi connectivity index (χ1n) is 6.68. The summed E-state index contributed by atoms with van der Waals surface area (Å²) in [6, 6.07) is 10.7. The molecule has 6 heteroatoms. The zero-order chi connectivity index (χ0) is 14.0. The fraction of sp³-hybridized carbons (Fsp3) is 0.429. The number of methoxy groups -OCH3 is 1. The van der Waals surface area contributed by atoms with Gasteiger partial charge in [-0.2, -0.15) is 0 Å². The number of nitrogens with one attached hydrogen (secondary N) is 2. The van der Waals surface area contributed by atoms with Gasteiger partial charge < -0.3 is 19.8 Å². The summed E-state index contributed by atoms with van der Waals surface area (Å²) in [7, 11) is 1.67. The van der Waals surface area contributed by atoms with Crippen LogP contribution in [0.25, 0.3) is 0 Å². The van der Waals surface area contributed by atoms with Crippen LogP contribution in [-0.4, -0.2) is 37.0 Å². The Kier molecular flexibility index (Phi) is 6.01. The molecule has 0 atom stereocenters. The van der Waals surface area contributed by atoms with Crippen LogP contribution in [-0.2, 0) is 17.7 Å². The van der Waals surface area contributed by atoms with Crippen molar-refractivity contribution in [1.29, 1.82) is 0 Å². The molecule has 0 aliphatic rings. The Hall–Kier alpha value is -1.92. The molecule has 0 unspecified atom stereocenters. The fourth-order valence-corrected chi connectivity index (χ4v) is 1.72. The standard InChI is InChI=1S/C14H20N4O2/c1-19-10-9-15-11-13-17-18-14(20-13)16-8-7-12-5-3-2-4-6-12/h2-6,15H,7-11H2,1H3,(H,16,18). The second-order valence-electron chi connectivity index (χ2n) is 4.33. The summed E-state index contributed by atoms with van der Waals surface area (Å²) in [5, 5.41) is 14.2. The average Bonchev–Trinajstić information content (AvgIpc) is 2.93. The van der Waals surface area contributed by atoms with E-state index in [-0.39, 0.29) is 0 Å². The van der Waals surface area contributed by atoms with Crippen LogP contribution >= 0.6 is 0 Å². The Balaban J connectivity index is 1.67. The van der Waals surface area contributed by atoms with E-state index in [1.807, 2.05) is 18.2 Å². The lowest BCUT2D eigenvalue weighted by Gasteiger charge is -2.01. The van der Waals surface area contributed by atoms with E-state index in [1.54, 1.807) is 7.11 Å². The normalized spacial score (nSPS) is 10.7. The molecule has 0 amide bonds. The molecule has 0 aliphatic carbocycles.